The molecule has 0 saturated carbocycles. The monoisotopic (exact) mass is 283 g/mol. The SMILES string of the molecule is Cc1ccc(Oc2nc(Cl)c(C(=O)O)s2)c(C)c1. The first-order valence-electron chi connectivity index (χ1n) is 5.12. The number of carboxylic acid groups (broad SMARTS) is 1. The van der Waals surface area contributed by atoms with Gasteiger partial charge in [-0.1, -0.05) is 40.6 Å². The van der Waals surface area contributed by atoms with Gasteiger partial charge in [-0.3, -0.25) is 0 Å². The van der Waals surface area contributed by atoms with E-state index in [4.69, 9.17) is 21.4 Å². The fourth-order valence-corrected chi connectivity index (χ4v) is 2.45. The molecule has 1 aromatic carbocycles. The first kappa shape index (κ1) is 12.9. The van der Waals surface area contributed by atoms with E-state index in [1.807, 2.05) is 32.0 Å². The predicted octanol–water partition coefficient (Wildman–Crippen LogP) is 3.90. The Morgan fingerprint density at radius 1 is 1.44 bits per heavy atom. The van der Waals surface area contributed by atoms with Crippen molar-refractivity contribution in [1.82, 2.24) is 4.98 Å². The molecule has 0 aliphatic rings. The van der Waals surface area contributed by atoms with Crippen LogP contribution in [-0.2, 0) is 0 Å². The highest BCUT2D eigenvalue weighted by Crippen LogP contribution is 2.33. The largest absolute Gasteiger partial charge is 0.477 e. The number of carboxylic acids is 1. The zero-order chi connectivity index (χ0) is 13.3. The van der Waals surface area contributed by atoms with E-state index < -0.39 is 5.97 Å². The van der Waals surface area contributed by atoms with Crippen molar-refractivity contribution >= 4 is 28.9 Å². The first-order chi connectivity index (χ1) is 8.47. The summed E-state index contributed by atoms with van der Waals surface area (Å²) in [5.41, 5.74) is 2.08. The van der Waals surface area contributed by atoms with Crippen molar-refractivity contribution < 1.29 is 14.6 Å². The van der Waals surface area contributed by atoms with Crippen LogP contribution in [0.15, 0.2) is 18.2 Å². The Bertz CT molecular complexity index is 609. The van der Waals surface area contributed by atoms with Crippen LogP contribution in [0.5, 0.6) is 10.9 Å². The second kappa shape index (κ2) is 4.96. The Balaban J connectivity index is 2.29. The molecule has 0 bridgehead atoms. The van der Waals surface area contributed by atoms with Crippen molar-refractivity contribution in [2.45, 2.75) is 13.8 Å². The molecular formula is C12H10ClNO3S. The fraction of sp³-hybridized carbons (Fsp3) is 0.167. The number of thiazole rings is 1. The molecule has 0 atom stereocenters. The number of nitrogens with zero attached hydrogens (tertiary/aromatic N) is 1. The van der Waals surface area contributed by atoms with Crippen LogP contribution in [-0.4, -0.2) is 16.1 Å². The second-order valence-electron chi connectivity index (χ2n) is 3.78. The smallest absolute Gasteiger partial charge is 0.349 e. The van der Waals surface area contributed by atoms with Crippen LogP contribution in [0.25, 0.3) is 0 Å². The summed E-state index contributed by atoms with van der Waals surface area (Å²) in [5, 5.41) is 9.04. The van der Waals surface area contributed by atoms with Crippen molar-refractivity contribution in [2.75, 3.05) is 0 Å². The molecule has 18 heavy (non-hydrogen) atoms. The molecule has 2 aromatic rings. The van der Waals surface area contributed by atoms with Crippen molar-refractivity contribution in [2.24, 2.45) is 0 Å². The third-order valence-electron chi connectivity index (χ3n) is 2.29. The van der Waals surface area contributed by atoms with Crippen LogP contribution in [0.4, 0.5) is 0 Å². The molecule has 4 nitrogen and oxygen atoms in total. The van der Waals surface area contributed by atoms with Crippen LogP contribution in [0.3, 0.4) is 0 Å². The summed E-state index contributed by atoms with van der Waals surface area (Å²) >= 11 is 6.62. The molecule has 2 rings (SSSR count). The number of aromatic nitrogens is 1. The Hall–Kier alpha value is -1.59. The Labute approximate surface area is 113 Å². The molecule has 0 aliphatic carbocycles. The fourth-order valence-electron chi connectivity index (χ4n) is 1.47. The number of hydrogen-bond acceptors (Lipinski definition) is 4. The number of carbonyl (C=O) groups is 1. The Morgan fingerprint density at radius 2 is 2.17 bits per heavy atom. The van der Waals surface area contributed by atoms with Gasteiger partial charge in [-0.2, -0.15) is 4.98 Å². The molecule has 0 unspecified atom stereocenters. The minimum Gasteiger partial charge on any atom is -0.477 e. The van der Waals surface area contributed by atoms with Crippen molar-refractivity contribution in [3.63, 3.8) is 0 Å². The molecule has 1 N–H and O–H groups in total. The number of hydrogen-bond donors (Lipinski definition) is 1. The first-order valence-corrected chi connectivity index (χ1v) is 6.31. The van der Waals surface area contributed by atoms with Gasteiger partial charge in [0.15, 0.2) is 10.0 Å². The minimum atomic E-state index is -1.10. The Kier molecular flexibility index (Phi) is 3.54. The standard InChI is InChI=1S/C12H10ClNO3S/c1-6-3-4-8(7(2)5-6)17-12-14-10(13)9(18-12)11(15)16/h3-5H,1-2H3,(H,15,16). The summed E-state index contributed by atoms with van der Waals surface area (Å²) in [6.07, 6.45) is 0. The maximum atomic E-state index is 10.8. The average molecular weight is 284 g/mol. The van der Waals surface area contributed by atoms with Crippen LogP contribution in [0.1, 0.15) is 20.8 Å². The molecule has 1 aromatic heterocycles. The second-order valence-corrected chi connectivity index (χ2v) is 5.10. The average Bonchev–Trinajstić information content (AvgIpc) is 2.64. The number of halogens is 1. The van der Waals surface area contributed by atoms with E-state index in [-0.39, 0.29) is 15.2 Å². The van der Waals surface area contributed by atoms with Crippen molar-refractivity contribution in [3.05, 3.63) is 39.4 Å². The van der Waals surface area contributed by atoms with Gasteiger partial charge in [-0.05, 0) is 25.5 Å². The van der Waals surface area contributed by atoms with E-state index in [0.29, 0.717) is 5.75 Å². The predicted molar refractivity (Wildman–Crippen MR) is 70.1 cm³/mol. The third-order valence-corrected chi connectivity index (χ3v) is 3.60. The molecule has 0 aliphatic heterocycles. The van der Waals surface area contributed by atoms with Crippen LogP contribution in [0.2, 0.25) is 5.15 Å². The van der Waals surface area contributed by atoms with E-state index in [1.165, 1.54) is 0 Å². The molecule has 6 heteroatoms. The van der Waals surface area contributed by atoms with Gasteiger partial charge in [0, 0.05) is 0 Å². The van der Waals surface area contributed by atoms with Gasteiger partial charge in [-0.15, -0.1) is 0 Å². The highest BCUT2D eigenvalue weighted by Gasteiger charge is 2.17. The maximum absolute atomic E-state index is 10.8. The number of benzene rings is 1. The lowest BCUT2D eigenvalue weighted by molar-refractivity contribution is 0.0702. The van der Waals surface area contributed by atoms with E-state index in [0.717, 1.165) is 22.5 Å². The molecule has 0 radical (unpaired) electrons. The summed E-state index contributed by atoms with van der Waals surface area (Å²) in [7, 11) is 0. The van der Waals surface area contributed by atoms with Gasteiger partial charge < -0.3 is 9.84 Å². The molecular weight excluding hydrogens is 274 g/mol. The van der Waals surface area contributed by atoms with Gasteiger partial charge in [0.25, 0.3) is 5.19 Å². The summed E-state index contributed by atoms with van der Waals surface area (Å²) in [6.45, 7) is 3.90. The lowest BCUT2D eigenvalue weighted by Crippen LogP contribution is -1.91. The molecule has 1 heterocycles. The molecule has 0 fully saturated rings. The molecule has 0 amide bonds. The van der Waals surface area contributed by atoms with Crippen molar-refractivity contribution in [1.29, 1.82) is 0 Å². The Morgan fingerprint density at radius 3 is 2.72 bits per heavy atom. The lowest BCUT2D eigenvalue weighted by atomic mass is 10.1. The highest BCUT2D eigenvalue weighted by molar-refractivity contribution is 7.15. The molecule has 0 saturated heterocycles. The van der Waals surface area contributed by atoms with Gasteiger partial charge in [0.2, 0.25) is 0 Å². The maximum Gasteiger partial charge on any atom is 0.349 e. The van der Waals surface area contributed by atoms with E-state index in [9.17, 15) is 4.79 Å². The molecule has 94 valence electrons. The van der Waals surface area contributed by atoms with Gasteiger partial charge in [0.05, 0.1) is 0 Å². The van der Waals surface area contributed by atoms with Crippen LogP contribution >= 0.6 is 22.9 Å². The van der Waals surface area contributed by atoms with Gasteiger partial charge in [-0.25, -0.2) is 4.79 Å². The summed E-state index contributed by atoms with van der Waals surface area (Å²) in [5.74, 6) is -0.462. The third kappa shape index (κ3) is 2.63. The number of ether oxygens (including phenoxy) is 1. The summed E-state index contributed by atoms with van der Waals surface area (Å²) in [4.78, 5) is 14.7. The minimum absolute atomic E-state index is 0.0172. The zero-order valence-corrected chi connectivity index (χ0v) is 11.3. The number of rotatable bonds is 3. The quantitative estimate of drug-likeness (QED) is 0.928. The molecule has 0 spiro atoms. The van der Waals surface area contributed by atoms with E-state index in [1.54, 1.807) is 0 Å². The highest BCUT2D eigenvalue weighted by atomic mass is 35.5. The topological polar surface area (TPSA) is 59.4 Å². The van der Waals surface area contributed by atoms with E-state index >= 15 is 0 Å². The summed E-state index contributed by atoms with van der Waals surface area (Å²) < 4.78 is 5.54. The van der Waals surface area contributed by atoms with Gasteiger partial charge >= 0.3 is 5.97 Å². The normalized spacial score (nSPS) is 10.4. The number of aromatic carboxylic acids is 1. The van der Waals surface area contributed by atoms with Crippen LogP contribution in [0, 0.1) is 13.8 Å². The van der Waals surface area contributed by atoms with E-state index in [2.05, 4.69) is 4.98 Å². The zero-order valence-electron chi connectivity index (χ0n) is 9.73. The number of aryl methyl sites for hydroxylation is 2. The van der Waals surface area contributed by atoms with Crippen molar-refractivity contribution in [3.8, 4) is 10.9 Å². The van der Waals surface area contributed by atoms with Gasteiger partial charge in [0.1, 0.15) is 5.75 Å². The van der Waals surface area contributed by atoms with Crippen LogP contribution < -0.4 is 4.74 Å². The summed E-state index contributed by atoms with van der Waals surface area (Å²) in [6, 6.07) is 5.71. The lowest BCUT2D eigenvalue weighted by Gasteiger charge is -2.05.